The second-order valence-electron chi connectivity index (χ2n) is 3.14. The number of hydrogen-bond donors (Lipinski definition) is 1. The molecule has 1 aliphatic heterocycles. The molecule has 82 valence electrons. The van der Waals surface area contributed by atoms with Gasteiger partial charge in [-0.05, 0) is 11.6 Å². The van der Waals surface area contributed by atoms with E-state index in [0.717, 1.165) is 16.5 Å². The Morgan fingerprint density at radius 3 is 2.80 bits per heavy atom. The van der Waals surface area contributed by atoms with E-state index in [4.69, 9.17) is 4.74 Å². The number of nitrogens with one attached hydrogen (secondary N) is 1. The van der Waals surface area contributed by atoms with Crippen LogP contribution in [0.5, 0.6) is 0 Å². The molecule has 0 unspecified atom stereocenters. The molecule has 1 aromatic rings. The quantitative estimate of drug-likeness (QED) is 0.864. The molecular weight excluding hydrogens is 281 g/mol. The summed E-state index contributed by atoms with van der Waals surface area (Å²) in [5.74, 6) is 0. The summed E-state index contributed by atoms with van der Waals surface area (Å²) in [6.45, 7) is 0.484. The molecule has 2 rings (SSSR count). The van der Waals surface area contributed by atoms with Crippen LogP contribution in [0.4, 0.5) is 4.79 Å². The monoisotopic (exact) mass is 291 g/mol. The van der Waals surface area contributed by atoms with Crippen molar-refractivity contribution in [3.05, 3.63) is 34.3 Å². The lowest BCUT2D eigenvalue weighted by atomic mass is 10.0. The molecule has 1 fully saturated rings. The number of alkyl carbamates (subject to hydrolysis) is 1. The van der Waals surface area contributed by atoms with Gasteiger partial charge in [-0.2, -0.15) is 0 Å². The lowest BCUT2D eigenvalue weighted by Crippen LogP contribution is -2.35. The summed E-state index contributed by atoms with van der Waals surface area (Å²) in [5.41, 5.74) is 1.10. The third-order valence-corrected chi connectivity index (χ3v) is 2.93. The van der Waals surface area contributed by atoms with Crippen molar-refractivity contribution in [3.63, 3.8) is 0 Å². The molecule has 0 bridgehead atoms. The largest absolute Gasteiger partial charge is 0.449 e. The van der Waals surface area contributed by atoms with E-state index < -0.39 is 0 Å². The third kappa shape index (κ3) is 2.86. The molecule has 0 spiro atoms. The van der Waals surface area contributed by atoms with Gasteiger partial charge in [0.2, 0.25) is 0 Å². The van der Waals surface area contributed by atoms with E-state index in [2.05, 4.69) is 21.2 Å². The molecule has 1 heterocycles. The van der Waals surface area contributed by atoms with E-state index in [9.17, 15) is 4.79 Å². The van der Waals surface area contributed by atoms with Crippen molar-refractivity contribution in [1.82, 2.24) is 5.32 Å². The highest BCUT2D eigenvalue weighted by atomic mass is 79.9. The Hall–Kier alpha value is -0.740. The maximum absolute atomic E-state index is 11.0. The Bertz CT molecular complexity index is 359. The molecule has 1 aromatic carbocycles. The first-order chi connectivity index (χ1) is 6.77. The van der Waals surface area contributed by atoms with Gasteiger partial charge in [0.05, 0.1) is 12.6 Å². The number of rotatable bonds is 1. The van der Waals surface area contributed by atoms with E-state index >= 15 is 0 Å². The summed E-state index contributed by atoms with van der Waals surface area (Å²) in [7, 11) is 0. The maximum Gasteiger partial charge on any atom is 0.407 e. The highest BCUT2D eigenvalue weighted by molar-refractivity contribution is 9.10. The summed E-state index contributed by atoms with van der Waals surface area (Å²) in [6.07, 6.45) is 0.478. The molecule has 0 saturated carbocycles. The number of ether oxygens (including phenoxy) is 1. The molecule has 1 amide bonds. The lowest BCUT2D eigenvalue weighted by molar-refractivity contribution is 0.115. The fourth-order valence-corrected chi connectivity index (χ4v) is 2.08. The van der Waals surface area contributed by atoms with Crippen molar-refractivity contribution < 1.29 is 9.53 Å². The second-order valence-corrected chi connectivity index (χ2v) is 4.00. The lowest BCUT2D eigenvalue weighted by Gasteiger charge is -2.24. The SMILES string of the molecule is Cl.O=C1N[C@H](c2ccccc2Br)CCO1. The van der Waals surface area contributed by atoms with Gasteiger partial charge in [0.15, 0.2) is 0 Å². The minimum absolute atomic E-state index is 0. The van der Waals surface area contributed by atoms with Crippen LogP contribution in [0, 0.1) is 0 Å². The van der Waals surface area contributed by atoms with Crippen LogP contribution in [0.1, 0.15) is 18.0 Å². The van der Waals surface area contributed by atoms with E-state index in [0.29, 0.717) is 6.61 Å². The Morgan fingerprint density at radius 1 is 1.40 bits per heavy atom. The van der Waals surface area contributed by atoms with Crippen molar-refractivity contribution in [2.45, 2.75) is 12.5 Å². The fraction of sp³-hybridized carbons (Fsp3) is 0.300. The number of halogens is 2. The molecule has 1 N–H and O–H groups in total. The summed E-state index contributed by atoms with van der Waals surface area (Å²) in [6, 6.07) is 7.94. The molecule has 3 nitrogen and oxygen atoms in total. The average Bonchev–Trinajstić information content (AvgIpc) is 2.18. The van der Waals surface area contributed by atoms with E-state index in [1.807, 2.05) is 24.3 Å². The van der Waals surface area contributed by atoms with Crippen LogP contribution < -0.4 is 5.32 Å². The first-order valence-electron chi connectivity index (χ1n) is 4.45. The number of hydrogen-bond acceptors (Lipinski definition) is 2. The van der Waals surface area contributed by atoms with Crippen molar-refractivity contribution in [2.24, 2.45) is 0 Å². The van der Waals surface area contributed by atoms with Gasteiger partial charge in [-0.15, -0.1) is 12.4 Å². The first-order valence-corrected chi connectivity index (χ1v) is 5.24. The van der Waals surface area contributed by atoms with Gasteiger partial charge >= 0.3 is 6.09 Å². The van der Waals surface area contributed by atoms with Crippen LogP contribution in [-0.4, -0.2) is 12.7 Å². The number of benzene rings is 1. The number of carbonyl (C=O) groups excluding carboxylic acids is 1. The molecule has 1 saturated heterocycles. The molecule has 0 aliphatic carbocycles. The van der Waals surface area contributed by atoms with Crippen LogP contribution in [0.3, 0.4) is 0 Å². The van der Waals surface area contributed by atoms with Crippen LogP contribution in [0.2, 0.25) is 0 Å². The van der Waals surface area contributed by atoms with Crippen LogP contribution in [0.15, 0.2) is 28.7 Å². The van der Waals surface area contributed by atoms with Crippen molar-refractivity contribution >= 4 is 34.4 Å². The number of cyclic esters (lactones) is 1. The van der Waals surface area contributed by atoms with Gasteiger partial charge in [-0.3, -0.25) is 0 Å². The summed E-state index contributed by atoms with van der Waals surface area (Å²) in [4.78, 5) is 11.0. The summed E-state index contributed by atoms with van der Waals surface area (Å²) < 4.78 is 5.82. The molecule has 15 heavy (non-hydrogen) atoms. The molecule has 0 radical (unpaired) electrons. The highest BCUT2D eigenvalue weighted by Gasteiger charge is 2.21. The van der Waals surface area contributed by atoms with Crippen LogP contribution in [-0.2, 0) is 4.74 Å². The smallest absolute Gasteiger partial charge is 0.407 e. The maximum atomic E-state index is 11.0. The van der Waals surface area contributed by atoms with Gasteiger partial charge in [-0.25, -0.2) is 4.79 Å². The number of amides is 1. The van der Waals surface area contributed by atoms with Crippen LogP contribution >= 0.6 is 28.3 Å². The zero-order valence-corrected chi connectivity index (χ0v) is 10.3. The molecule has 1 aliphatic rings. The molecule has 1 atom stereocenters. The Balaban J connectivity index is 0.00000112. The minimum atomic E-state index is -0.336. The normalized spacial score (nSPS) is 19.8. The zero-order valence-electron chi connectivity index (χ0n) is 7.90. The Labute approximate surface area is 103 Å². The van der Waals surface area contributed by atoms with E-state index in [-0.39, 0.29) is 24.5 Å². The molecular formula is C10H11BrClNO2. The second kappa shape index (κ2) is 5.37. The summed E-state index contributed by atoms with van der Waals surface area (Å²) >= 11 is 3.46. The van der Waals surface area contributed by atoms with Gasteiger partial charge in [0.25, 0.3) is 0 Å². The van der Waals surface area contributed by atoms with Crippen molar-refractivity contribution in [2.75, 3.05) is 6.61 Å². The minimum Gasteiger partial charge on any atom is -0.449 e. The van der Waals surface area contributed by atoms with Crippen LogP contribution in [0.25, 0.3) is 0 Å². The number of carbonyl (C=O) groups is 1. The van der Waals surface area contributed by atoms with Crippen molar-refractivity contribution in [3.8, 4) is 0 Å². The zero-order chi connectivity index (χ0) is 9.97. The standard InChI is InChI=1S/C10H10BrNO2.ClH/c11-8-4-2-1-3-7(8)9-5-6-14-10(13)12-9;/h1-4,9H,5-6H2,(H,12,13);1H/t9-;/m0./s1. The van der Waals surface area contributed by atoms with Crippen molar-refractivity contribution in [1.29, 1.82) is 0 Å². The van der Waals surface area contributed by atoms with Gasteiger partial charge in [-0.1, -0.05) is 34.1 Å². The average molecular weight is 293 g/mol. The first kappa shape index (κ1) is 12.3. The van der Waals surface area contributed by atoms with Gasteiger partial charge in [0.1, 0.15) is 0 Å². The third-order valence-electron chi connectivity index (χ3n) is 2.21. The molecule has 5 heteroatoms. The fourth-order valence-electron chi connectivity index (χ4n) is 1.52. The highest BCUT2D eigenvalue weighted by Crippen LogP contribution is 2.26. The van der Waals surface area contributed by atoms with E-state index in [1.54, 1.807) is 0 Å². The summed E-state index contributed by atoms with van der Waals surface area (Å²) in [5, 5.41) is 2.78. The predicted octanol–water partition coefficient (Wildman–Crippen LogP) is 3.04. The van der Waals surface area contributed by atoms with Gasteiger partial charge < -0.3 is 10.1 Å². The van der Waals surface area contributed by atoms with Gasteiger partial charge in [0, 0.05) is 10.9 Å². The van der Waals surface area contributed by atoms with E-state index in [1.165, 1.54) is 0 Å². The molecule has 0 aromatic heterocycles. The predicted molar refractivity (Wildman–Crippen MR) is 63.2 cm³/mol. The Kier molecular flexibility index (Phi) is 4.42. The topological polar surface area (TPSA) is 38.3 Å². The Morgan fingerprint density at radius 2 is 2.13 bits per heavy atom.